The van der Waals surface area contributed by atoms with E-state index in [4.69, 9.17) is 9.84 Å². The van der Waals surface area contributed by atoms with Crippen LogP contribution in [0.25, 0.3) is 0 Å². The predicted molar refractivity (Wildman–Crippen MR) is 58.2 cm³/mol. The van der Waals surface area contributed by atoms with Crippen molar-refractivity contribution in [3.05, 3.63) is 0 Å². The van der Waals surface area contributed by atoms with Crippen LogP contribution in [-0.4, -0.2) is 27.4 Å². The van der Waals surface area contributed by atoms with Crippen LogP contribution in [0.4, 0.5) is 0 Å². The Kier molecular flexibility index (Phi) is 5.17. The SMILES string of the molecule is CC(O)CC(C)(C)OC(=O)C(S)S. The second kappa shape index (κ2) is 5.12. The fraction of sp³-hybridized carbons (Fsp3) is 0.875. The Labute approximate surface area is 89.7 Å². The van der Waals surface area contributed by atoms with Crippen molar-refractivity contribution in [2.75, 3.05) is 0 Å². The van der Waals surface area contributed by atoms with E-state index in [1.165, 1.54) is 0 Å². The van der Waals surface area contributed by atoms with Crippen molar-refractivity contribution in [2.45, 2.75) is 43.5 Å². The first-order valence-electron chi connectivity index (χ1n) is 4.01. The molecule has 13 heavy (non-hydrogen) atoms. The van der Waals surface area contributed by atoms with Crippen molar-refractivity contribution >= 4 is 31.2 Å². The molecule has 0 bridgehead atoms. The van der Waals surface area contributed by atoms with Gasteiger partial charge in [0, 0.05) is 6.42 Å². The zero-order chi connectivity index (χ0) is 10.6. The molecule has 1 atom stereocenters. The van der Waals surface area contributed by atoms with Gasteiger partial charge in [0.25, 0.3) is 0 Å². The first-order chi connectivity index (χ1) is 5.74. The Morgan fingerprint density at radius 2 is 2.00 bits per heavy atom. The molecule has 0 spiro atoms. The highest BCUT2D eigenvalue weighted by Gasteiger charge is 2.26. The summed E-state index contributed by atoms with van der Waals surface area (Å²) >= 11 is 7.65. The number of ether oxygens (including phenoxy) is 1. The summed E-state index contributed by atoms with van der Waals surface area (Å²) in [6, 6.07) is 0. The number of esters is 1. The van der Waals surface area contributed by atoms with E-state index in [1.54, 1.807) is 20.8 Å². The maximum Gasteiger partial charge on any atom is 0.329 e. The van der Waals surface area contributed by atoms with Gasteiger partial charge in [-0.1, -0.05) is 0 Å². The minimum atomic E-state index is -0.728. The van der Waals surface area contributed by atoms with Gasteiger partial charge in [-0.3, -0.25) is 0 Å². The van der Waals surface area contributed by atoms with Crippen molar-refractivity contribution < 1.29 is 14.6 Å². The Bertz CT molecular complexity index is 178. The Balaban J connectivity index is 4.09. The predicted octanol–water partition coefficient (Wildman–Crippen LogP) is 1.26. The minimum Gasteiger partial charge on any atom is -0.458 e. The summed E-state index contributed by atoms with van der Waals surface area (Å²) in [7, 11) is 0. The molecule has 78 valence electrons. The lowest BCUT2D eigenvalue weighted by molar-refractivity contribution is -0.156. The van der Waals surface area contributed by atoms with Gasteiger partial charge in [-0.05, 0) is 20.8 Å². The number of thiol groups is 2. The Morgan fingerprint density at radius 3 is 2.31 bits per heavy atom. The van der Waals surface area contributed by atoms with Crippen LogP contribution < -0.4 is 0 Å². The van der Waals surface area contributed by atoms with E-state index in [9.17, 15) is 4.79 Å². The zero-order valence-corrected chi connectivity index (χ0v) is 9.81. The zero-order valence-electron chi connectivity index (χ0n) is 8.02. The molecule has 0 aromatic rings. The van der Waals surface area contributed by atoms with Crippen LogP contribution in [0.3, 0.4) is 0 Å². The molecule has 0 aromatic heterocycles. The Morgan fingerprint density at radius 1 is 1.54 bits per heavy atom. The van der Waals surface area contributed by atoms with Gasteiger partial charge < -0.3 is 9.84 Å². The van der Waals surface area contributed by atoms with Crippen LogP contribution in [0.2, 0.25) is 0 Å². The molecule has 0 aliphatic heterocycles. The molecular formula is C8H16O3S2. The highest BCUT2D eigenvalue weighted by molar-refractivity contribution is 8.00. The normalized spacial score (nSPS) is 14.4. The van der Waals surface area contributed by atoms with Gasteiger partial charge in [-0.2, -0.15) is 25.3 Å². The largest absolute Gasteiger partial charge is 0.458 e. The van der Waals surface area contributed by atoms with E-state index in [0.717, 1.165) is 0 Å². The summed E-state index contributed by atoms with van der Waals surface area (Å²) < 4.78 is 4.33. The van der Waals surface area contributed by atoms with Crippen molar-refractivity contribution in [3.8, 4) is 0 Å². The third-order valence-corrected chi connectivity index (χ3v) is 1.80. The third-order valence-electron chi connectivity index (χ3n) is 1.37. The average molecular weight is 224 g/mol. The van der Waals surface area contributed by atoms with Crippen molar-refractivity contribution in [2.24, 2.45) is 0 Å². The van der Waals surface area contributed by atoms with Crippen LogP contribution in [-0.2, 0) is 9.53 Å². The molecule has 0 rings (SSSR count). The molecule has 0 aliphatic rings. The number of aliphatic hydroxyl groups is 1. The summed E-state index contributed by atoms with van der Waals surface area (Å²) in [5.74, 6) is -0.489. The summed E-state index contributed by atoms with van der Waals surface area (Å²) in [6.45, 7) is 5.12. The van der Waals surface area contributed by atoms with Crippen molar-refractivity contribution in [1.29, 1.82) is 0 Å². The van der Waals surface area contributed by atoms with Crippen LogP contribution in [0.15, 0.2) is 0 Å². The monoisotopic (exact) mass is 224 g/mol. The number of carbonyl (C=O) groups excluding carboxylic acids is 1. The molecule has 5 heteroatoms. The van der Waals surface area contributed by atoms with E-state index < -0.39 is 22.3 Å². The van der Waals surface area contributed by atoms with Gasteiger partial charge in [0.15, 0.2) is 0 Å². The molecule has 0 fully saturated rings. The summed E-state index contributed by atoms with van der Waals surface area (Å²) in [5, 5.41) is 9.11. The second-order valence-corrected chi connectivity index (χ2v) is 5.05. The number of carbonyl (C=O) groups is 1. The van der Waals surface area contributed by atoms with E-state index in [1.807, 2.05) is 0 Å². The lowest BCUT2D eigenvalue weighted by atomic mass is 10.0. The first kappa shape index (κ1) is 13.1. The summed E-state index contributed by atoms with van der Waals surface area (Å²) in [6.07, 6.45) is -0.103. The molecule has 1 unspecified atom stereocenters. The lowest BCUT2D eigenvalue weighted by Crippen LogP contribution is -2.33. The van der Waals surface area contributed by atoms with E-state index >= 15 is 0 Å². The standard InChI is InChI=1S/C8H16O3S2/c1-5(9)4-8(2,3)11-6(10)7(12)13/h5,7,9,12-13H,4H2,1-3H3. The molecule has 0 saturated heterocycles. The smallest absolute Gasteiger partial charge is 0.329 e. The molecule has 0 aliphatic carbocycles. The van der Waals surface area contributed by atoms with Crippen LogP contribution >= 0.6 is 25.3 Å². The molecule has 3 nitrogen and oxygen atoms in total. The first-order valence-corrected chi connectivity index (χ1v) is 5.05. The van der Waals surface area contributed by atoms with Gasteiger partial charge in [0.05, 0.1) is 6.10 Å². The highest BCUT2D eigenvalue weighted by Crippen LogP contribution is 2.19. The van der Waals surface area contributed by atoms with Gasteiger partial charge in [0.2, 0.25) is 0 Å². The maximum absolute atomic E-state index is 11.1. The second-order valence-electron chi connectivity index (χ2n) is 3.61. The van der Waals surface area contributed by atoms with Gasteiger partial charge >= 0.3 is 5.97 Å². The van der Waals surface area contributed by atoms with Crippen molar-refractivity contribution in [1.82, 2.24) is 0 Å². The number of rotatable bonds is 4. The van der Waals surface area contributed by atoms with Crippen LogP contribution in [0, 0.1) is 0 Å². The number of hydrogen-bond acceptors (Lipinski definition) is 5. The molecule has 0 radical (unpaired) electrons. The number of aliphatic hydroxyl groups excluding tert-OH is 1. The van der Waals surface area contributed by atoms with Gasteiger partial charge in [0.1, 0.15) is 10.2 Å². The highest BCUT2D eigenvalue weighted by atomic mass is 32.2. The maximum atomic E-state index is 11.1. The van der Waals surface area contributed by atoms with Crippen LogP contribution in [0.5, 0.6) is 0 Å². The van der Waals surface area contributed by atoms with Crippen LogP contribution in [0.1, 0.15) is 27.2 Å². The molecule has 0 heterocycles. The molecular weight excluding hydrogens is 208 g/mol. The van der Waals surface area contributed by atoms with E-state index in [2.05, 4.69) is 25.3 Å². The average Bonchev–Trinajstić information content (AvgIpc) is 1.81. The molecule has 0 aromatic carbocycles. The minimum absolute atomic E-state index is 0.396. The number of hydrogen-bond donors (Lipinski definition) is 3. The molecule has 1 N–H and O–H groups in total. The molecule has 0 amide bonds. The molecule has 0 saturated carbocycles. The van der Waals surface area contributed by atoms with Gasteiger partial charge in [-0.25, -0.2) is 4.79 Å². The summed E-state index contributed by atoms with van der Waals surface area (Å²) in [4.78, 5) is 11.1. The Hall–Kier alpha value is 0.130. The van der Waals surface area contributed by atoms with Crippen molar-refractivity contribution in [3.63, 3.8) is 0 Å². The quantitative estimate of drug-likeness (QED) is 0.383. The van der Waals surface area contributed by atoms with E-state index in [0.29, 0.717) is 6.42 Å². The topological polar surface area (TPSA) is 46.5 Å². The fourth-order valence-electron chi connectivity index (χ4n) is 1.08. The lowest BCUT2D eigenvalue weighted by Gasteiger charge is -2.26. The van der Waals surface area contributed by atoms with E-state index in [-0.39, 0.29) is 0 Å². The van der Waals surface area contributed by atoms with Gasteiger partial charge in [-0.15, -0.1) is 0 Å². The third kappa shape index (κ3) is 6.23. The summed E-state index contributed by atoms with van der Waals surface area (Å²) in [5.41, 5.74) is -0.672. The fourth-order valence-corrected chi connectivity index (χ4v) is 1.18.